The van der Waals surface area contributed by atoms with Gasteiger partial charge in [0, 0.05) is 22.4 Å². The Balaban J connectivity index is 2.19. The number of fused-ring (bicyclic) bond motifs is 1. The molecule has 6 nitrogen and oxygen atoms in total. The molecule has 0 aliphatic heterocycles. The molecule has 0 spiro atoms. The maximum absolute atomic E-state index is 12.3. The second kappa shape index (κ2) is 7.44. The third kappa shape index (κ3) is 3.59. The minimum Gasteiger partial charge on any atom is -0.504 e. The van der Waals surface area contributed by atoms with E-state index in [-0.39, 0.29) is 17.7 Å². The molecule has 0 aliphatic carbocycles. The fourth-order valence-electron chi connectivity index (χ4n) is 2.78. The first-order valence-electron chi connectivity index (χ1n) is 7.99. The largest absolute Gasteiger partial charge is 0.504 e. The van der Waals surface area contributed by atoms with Crippen molar-refractivity contribution in [3.05, 3.63) is 58.7 Å². The number of carbonyl (C=O) groups is 2. The van der Waals surface area contributed by atoms with E-state index in [0.717, 1.165) is 10.8 Å². The van der Waals surface area contributed by atoms with E-state index in [1.54, 1.807) is 12.1 Å². The van der Waals surface area contributed by atoms with Crippen molar-refractivity contribution in [1.29, 1.82) is 5.26 Å². The van der Waals surface area contributed by atoms with E-state index in [2.05, 4.69) is 4.98 Å². The molecule has 0 unspecified atom stereocenters. The minimum atomic E-state index is -1.14. The van der Waals surface area contributed by atoms with Crippen molar-refractivity contribution < 1.29 is 19.8 Å². The molecule has 27 heavy (non-hydrogen) atoms. The number of carboxylic acid groups (broad SMARTS) is 1. The predicted octanol–water partition coefficient (Wildman–Crippen LogP) is 4.18. The molecule has 1 heterocycles. The first-order valence-corrected chi connectivity index (χ1v) is 8.37. The first kappa shape index (κ1) is 18.4. The average Bonchev–Trinajstić information content (AvgIpc) is 2.67. The van der Waals surface area contributed by atoms with Crippen molar-refractivity contribution in [3.63, 3.8) is 0 Å². The summed E-state index contributed by atoms with van der Waals surface area (Å²) >= 11 is 6.23. The zero-order valence-corrected chi connectivity index (χ0v) is 14.7. The van der Waals surface area contributed by atoms with E-state index in [4.69, 9.17) is 16.7 Å². The van der Waals surface area contributed by atoms with E-state index >= 15 is 0 Å². The number of nitrogens with zero attached hydrogens (tertiary/aromatic N) is 2. The topological polar surface area (TPSA) is 111 Å². The van der Waals surface area contributed by atoms with Gasteiger partial charge in [-0.1, -0.05) is 41.9 Å². The van der Waals surface area contributed by atoms with E-state index in [1.165, 1.54) is 6.07 Å². The van der Waals surface area contributed by atoms with E-state index in [0.29, 0.717) is 16.3 Å². The van der Waals surface area contributed by atoms with Gasteiger partial charge in [0.15, 0.2) is 11.5 Å². The maximum Gasteiger partial charge on any atom is 0.303 e. The van der Waals surface area contributed by atoms with Crippen LogP contribution in [0.15, 0.2) is 42.5 Å². The molecule has 0 atom stereocenters. The third-order valence-electron chi connectivity index (χ3n) is 4.09. The first-order chi connectivity index (χ1) is 12.9. The maximum atomic E-state index is 12.3. The summed E-state index contributed by atoms with van der Waals surface area (Å²) in [4.78, 5) is 27.3. The molecule has 2 N–H and O–H groups in total. The number of hydrogen-bond donors (Lipinski definition) is 2. The molecule has 1 aromatic heterocycles. The van der Waals surface area contributed by atoms with Crippen molar-refractivity contribution in [2.45, 2.75) is 12.8 Å². The summed E-state index contributed by atoms with van der Waals surface area (Å²) in [5, 5.41) is 30.3. The molecule has 3 aromatic rings. The summed E-state index contributed by atoms with van der Waals surface area (Å²) < 4.78 is 0. The van der Waals surface area contributed by atoms with Gasteiger partial charge in [-0.05, 0) is 17.5 Å². The second-order valence-electron chi connectivity index (χ2n) is 5.82. The number of benzene rings is 2. The smallest absolute Gasteiger partial charge is 0.303 e. The SMILES string of the molecule is N#Cc1cc(-c2ccc(Cl)c3ccccc23)nc(C(=O)CCC(=O)O)c1O. The van der Waals surface area contributed by atoms with Crippen LogP contribution in [0, 0.1) is 11.3 Å². The Morgan fingerprint density at radius 2 is 1.81 bits per heavy atom. The Morgan fingerprint density at radius 1 is 1.11 bits per heavy atom. The number of nitriles is 1. The van der Waals surface area contributed by atoms with Gasteiger partial charge in [0.25, 0.3) is 0 Å². The van der Waals surface area contributed by atoms with Crippen LogP contribution >= 0.6 is 11.6 Å². The summed E-state index contributed by atoms with van der Waals surface area (Å²) in [6.45, 7) is 0. The zero-order valence-electron chi connectivity index (χ0n) is 13.9. The van der Waals surface area contributed by atoms with Crippen LogP contribution in [0.5, 0.6) is 5.75 Å². The molecule has 0 fully saturated rings. The number of rotatable bonds is 5. The van der Waals surface area contributed by atoms with Crippen LogP contribution in [0.3, 0.4) is 0 Å². The zero-order chi connectivity index (χ0) is 19.6. The number of halogens is 1. The fourth-order valence-corrected chi connectivity index (χ4v) is 3.01. The summed E-state index contributed by atoms with van der Waals surface area (Å²) in [6.07, 6.45) is -0.721. The Kier molecular flexibility index (Phi) is 5.06. The molecule has 134 valence electrons. The van der Waals surface area contributed by atoms with Gasteiger partial charge in [0.2, 0.25) is 0 Å². The number of aromatic hydroxyl groups is 1. The van der Waals surface area contributed by atoms with Gasteiger partial charge < -0.3 is 10.2 Å². The molecule has 0 amide bonds. The summed E-state index contributed by atoms with van der Waals surface area (Å²) in [5.41, 5.74) is 0.525. The molecular weight excluding hydrogens is 368 g/mol. The number of ketones is 1. The van der Waals surface area contributed by atoms with E-state index < -0.39 is 23.9 Å². The Labute approximate surface area is 159 Å². The van der Waals surface area contributed by atoms with Gasteiger partial charge in [0.05, 0.1) is 17.7 Å². The van der Waals surface area contributed by atoms with Crippen molar-refractivity contribution in [2.24, 2.45) is 0 Å². The molecule has 3 rings (SSSR count). The Hall–Kier alpha value is -3.43. The summed E-state index contributed by atoms with van der Waals surface area (Å²) in [5.74, 6) is -2.33. The van der Waals surface area contributed by atoms with Crippen LogP contribution in [-0.4, -0.2) is 26.9 Å². The van der Waals surface area contributed by atoms with E-state index in [9.17, 15) is 20.0 Å². The average molecular weight is 381 g/mol. The lowest BCUT2D eigenvalue weighted by molar-refractivity contribution is -0.136. The number of carbonyl (C=O) groups excluding carboxylic acids is 1. The monoisotopic (exact) mass is 380 g/mol. The van der Waals surface area contributed by atoms with Crippen molar-refractivity contribution in [1.82, 2.24) is 4.98 Å². The van der Waals surface area contributed by atoms with E-state index in [1.807, 2.05) is 30.3 Å². The number of hydrogen-bond acceptors (Lipinski definition) is 5. The number of aromatic nitrogens is 1. The molecule has 7 heteroatoms. The van der Waals surface area contributed by atoms with Gasteiger partial charge in [-0.25, -0.2) is 4.98 Å². The summed E-state index contributed by atoms with van der Waals surface area (Å²) in [7, 11) is 0. The number of pyridine rings is 1. The lowest BCUT2D eigenvalue weighted by atomic mass is 9.99. The molecule has 0 bridgehead atoms. The van der Waals surface area contributed by atoms with Gasteiger partial charge >= 0.3 is 5.97 Å². The number of carboxylic acids is 1. The molecule has 0 saturated heterocycles. The lowest BCUT2D eigenvalue weighted by Crippen LogP contribution is -2.08. The van der Waals surface area contributed by atoms with Crippen LogP contribution in [0.25, 0.3) is 22.0 Å². The van der Waals surface area contributed by atoms with Gasteiger partial charge in [-0.3, -0.25) is 9.59 Å². The number of aliphatic carboxylic acids is 1. The second-order valence-corrected chi connectivity index (χ2v) is 6.23. The molecule has 0 radical (unpaired) electrons. The molecule has 0 aliphatic rings. The Morgan fingerprint density at radius 3 is 2.48 bits per heavy atom. The highest BCUT2D eigenvalue weighted by Gasteiger charge is 2.20. The van der Waals surface area contributed by atoms with Crippen LogP contribution in [0.4, 0.5) is 0 Å². The van der Waals surface area contributed by atoms with Crippen LogP contribution in [0.2, 0.25) is 5.02 Å². The normalized spacial score (nSPS) is 10.5. The van der Waals surface area contributed by atoms with Gasteiger partial charge in [-0.2, -0.15) is 5.26 Å². The quantitative estimate of drug-likeness (QED) is 0.642. The molecular formula is C20H13ClN2O4. The fraction of sp³-hybridized carbons (Fsp3) is 0.100. The molecule has 0 saturated carbocycles. The Bertz CT molecular complexity index is 1120. The standard InChI is InChI=1S/C20H13ClN2O4/c21-15-6-5-14(12-3-1-2-4-13(12)15)16-9-11(10-22)20(27)19(23-16)17(24)7-8-18(25)26/h1-6,9,27H,7-8H2,(H,25,26). The van der Waals surface area contributed by atoms with Gasteiger partial charge in [0.1, 0.15) is 11.8 Å². The third-order valence-corrected chi connectivity index (χ3v) is 4.42. The highest BCUT2D eigenvalue weighted by molar-refractivity contribution is 6.36. The lowest BCUT2D eigenvalue weighted by Gasteiger charge is -2.11. The van der Waals surface area contributed by atoms with Crippen LogP contribution in [-0.2, 0) is 4.79 Å². The van der Waals surface area contributed by atoms with Crippen molar-refractivity contribution >= 4 is 34.1 Å². The minimum absolute atomic E-state index is 0.113. The van der Waals surface area contributed by atoms with Crippen LogP contribution in [0.1, 0.15) is 28.9 Å². The van der Waals surface area contributed by atoms with Crippen LogP contribution < -0.4 is 0 Å². The predicted molar refractivity (Wildman–Crippen MR) is 99.8 cm³/mol. The van der Waals surface area contributed by atoms with Crippen molar-refractivity contribution in [3.8, 4) is 23.1 Å². The highest BCUT2D eigenvalue weighted by atomic mass is 35.5. The highest BCUT2D eigenvalue weighted by Crippen LogP contribution is 2.34. The van der Waals surface area contributed by atoms with Crippen molar-refractivity contribution in [2.75, 3.05) is 0 Å². The summed E-state index contributed by atoms with van der Waals surface area (Å²) in [6, 6.07) is 14.0. The molecule has 2 aromatic carbocycles. The number of Topliss-reactive ketones (excluding diaryl/α,β-unsaturated/α-hetero) is 1. The van der Waals surface area contributed by atoms with Gasteiger partial charge in [-0.15, -0.1) is 0 Å².